The van der Waals surface area contributed by atoms with Gasteiger partial charge in [0.1, 0.15) is 9.24 Å². The van der Waals surface area contributed by atoms with Crippen molar-refractivity contribution >= 4 is 41.1 Å². The van der Waals surface area contributed by atoms with Crippen LogP contribution in [0.4, 0.5) is 17.6 Å². The molecular formula is C20H12Br2F4N2O6. The van der Waals surface area contributed by atoms with Crippen molar-refractivity contribution in [3.8, 4) is 23.0 Å². The molecule has 0 fully saturated rings. The topological polar surface area (TPSA) is 80.1 Å². The molecule has 4 aliphatic rings. The van der Waals surface area contributed by atoms with Gasteiger partial charge in [-0.3, -0.25) is 0 Å². The Balaban J connectivity index is 0.000000142. The van der Waals surface area contributed by atoms with Crippen molar-refractivity contribution in [1.82, 2.24) is 0 Å². The number of ether oxygens (including phenoxy) is 4. The summed E-state index contributed by atoms with van der Waals surface area (Å²) in [7, 11) is 0. The van der Waals surface area contributed by atoms with Gasteiger partial charge in [-0.15, -0.1) is 17.6 Å². The van der Waals surface area contributed by atoms with Crippen molar-refractivity contribution in [3.05, 3.63) is 47.5 Å². The Labute approximate surface area is 205 Å². The van der Waals surface area contributed by atoms with E-state index in [4.69, 9.17) is 9.68 Å². The first-order valence-electron chi connectivity index (χ1n) is 9.63. The maximum absolute atomic E-state index is 12.8. The Morgan fingerprint density at radius 1 is 0.647 bits per heavy atom. The summed E-state index contributed by atoms with van der Waals surface area (Å²) in [6.07, 6.45) is -6.62. The number of hydrogen-bond donors (Lipinski definition) is 0. The second-order valence-electron chi connectivity index (χ2n) is 7.28. The molecule has 6 rings (SSSR count). The first-order valence-corrected chi connectivity index (χ1v) is 11.2. The molecule has 0 aliphatic carbocycles. The first kappa shape index (κ1) is 23.0. The van der Waals surface area contributed by atoms with Gasteiger partial charge in [-0.1, -0.05) is 22.4 Å². The van der Waals surface area contributed by atoms with Crippen molar-refractivity contribution in [1.29, 1.82) is 0 Å². The number of alkyl halides is 4. The molecule has 0 amide bonds. The van der Waals surface area contributed by atoms with E-state index >= 15 is 0 Å². The summed E-state index contributed by atoms with van der Waals surface area (Å²) in [5.41, 5.74) is 1.42. The molecule has 14 heteroatoms. The van der Waals surface area contributed by atoms with Crippen LogP contribution >= 0.6 is 31.9 Å². The average molecular weight is 612 g/mol. The molecule has 2 aromatic rings. The van der Waals surface area contributed by atoms with Crippen LogP contribution < -0.4 is 18.9 Å². The van der Waals surface area contributed by atoms with E-state index in [1.807, 2.05) is 0 Å². The molecule has 0 saturated carbocycles. The van der Waals surface area contributed by atoms with Crippen molar-refractivity contribution in [2.75, 3.05) is 0 Å². The lowest BCUT2D eigenvalue weighted by atomic mass is 10.1. The van der Waals surface area contributed by atoms with Crippen molar-refractivity contribution in [2.24, 2.45) is 10.3 Å². The molecule has 2 atom stereocenters. The zero-order chi connectivity index (χ0) is 24.1. The molecule has 0 aromatic heterocycles. The van der Waals surface area contributed by atoms with Crippen LogP contribution in [0.3, 0.4) is 0 Å². The van der Waals surface area contributed by atoms with E-state index in [-0.39, 0.29) is 35.2 Å². The van der Waals surface area contributed by atoms with Gasteiger partial charge in [0.25, 0.3) is 0 Å². The third-order valence-electron chi connectivity index (χ3n) is 4.86. The Morgan fingerprint density at radius 3 is 1.38 bits per heavy atom. The van der Waals surface area contributed by atoms with Crippen molar-refractivity contribution in [3.63, 3.8) is 0 Å². The number of fused-ring (bicyclic) bond motifs is 2. The summed E-state index contributed by atoms with van der Waals surface area (Å²) in [6, 6.07) is 9.11. The number of hydrogen-bond acceptors (Lipinski definition) is 8. The maximum atomic E-state index is 12.8. The highest BCUT2D eigenvalue weighted by atomic mass is 79.9. The van der Waals surface area contributed by atoms with Crippen molar-refractivity contribution in [2.45, 2.75) is 37.6 Å². The molecule has 0 spiro atoms. The van der Waals surface area contributed by atoms with Gasteiger partial charge >= 0.3 is 12.6 Å². The third kappa shape index (κ3) is 4.87. The van der Waals surface area contributed by atoms with E-state index in [9.17, 15) is 17.6 Å². The van der Waals surface area contributed by atoms with E-state index in [0.29, 0.717) is 33.2 Å². The largest absolute Gasteiger partial charge is 0.586 e. The average Bonchev–Trinajstić information content (AvgIpc) is 3.50. The van der Waals surface area contributed by atoms with Crippen LogP contribution in [0.25, 0.3) is 0 Å². The minimum absolute atomic E-state index is 0.0131. The molecule has 4 aliphatic heterocycles. The number of oxime groups is 2. The molecule has 0 radical (unpaired) electrons. The number of halogens is 6. The molecule has 0 unspecified atom stereocenters. The predicted molar refractivity (Wildman–Crippen MR) is 115 cm³/mol. The fraction of sp³-hybridized carbons (Fsp3) is 0.300. The van der Waals surface area contributed by atoms with Gasteiger partial charge in [-0.25, -0.2) is 0 Å². The number of nitrogens with zero attached hydrogens (tertiary/aromatic N) is 2. The molecule has 34 heavy (non-hydrogen) atoms. The molecule has 2 aromatic carbocycles. The van der Waals surface area contributed by atoms with Crippen LogP contribution in [0, 0.1) is 0 Å². The van der Waals surface area contributed by atoms with Gasteiger partial charge in [0, 0.05) is 12.8 Å². The van der Waals surface area contributed by atoms with E-state index < -0.39 is 12.6 Å². The molecule has 0 N–H and O–H groups in total. The van der Waals surface area contributed by atoms with Crippen LogP contribution in [0.15, 0.2) is 46.7 Å². The van der Waals surface area contributed by atoms with Crippen LogP contribution in [0.2, 0.25) is 0 Å². The van der Waals surface area contributed by atoms with E-state index in [0.717, 1.165) is 0 Å². The lowest BCUT2D eigenvalue weighted by molar-refractivity contribution is -0.287. The first-order chi connectivity index (χ1) is 16.1. The Hall–Kier alpha value is -2.74. The highest BCUT2D eigenvalue weighted by Gasteiger charge is 2.44. The van der Waals surface area contributed by atoms with Gasteiger partial charge in [-0.05, 0) is 67.3 Å². The zero-order valence-corrected chi connectivity index (χ0v) is 19.8. The van der Waals surface area contributed by atoms with Gasteiger partial charge in [0.15, 0.2) is 35.2 Å². The molecule has 180 valence electrons. The Morgan fingerprint density at radius 2 is 1.03 bits per heavy atom. The fourth-order valence-corrected chi connectivity index (χ4v) is 4.14. The summed E-state index contributed by atoms with van der Waals surface area (Å²) in [6.45, 7) is 0. The van der Waals surface area contributed by atoms with Crippen LogP contribution in [-0.4, -0.2) is 21.8 Å². The maximum Gasteiger partial charge on any atom is 0.586 e. The minimum atomic E-state index is -3.59. The third-order valence-corrected chi connectivity index (χ3v) is 5.80. The van der Waals surface area contributed by atoms with Crippen LogP contribution in [0.1, 0.15) is 36.2 Å². The van der Waals surface area contributed by atoms with E-state index in [1.165, 1.54) is 24.3 Å². The summed E-state index contributed by atoms with van der Waals surface area (Å²) in [5, 5.41) is 7.46. The zero-order valence-electron chi connectivity index (χ0n) is 16.6. The highest BCUT2D eigenvalue weighted by molar-refractivity contribution is 9.18. The van der Waals surface area contributed by atoms with E-state index in [2.05, 4.69) is 61.1 Å². The number of benzene rings is 2. The van der Waals surface area contributed by atoms with Crippen molar-refractivity contribution < 1.29 is 46.2 Å². The van der Waals surface area contributed by atoms with E-state index in [1.54, 1.807) is 12.1 Å². The van der Waals surface area contributed by atoms with Gasteiger partial charge in [0.2, 0.25) is 0 Å². The number of rotatable bonds is 2. The summed E-state index contributed by atoms with van der Waals surface area (Å²) in [4.78, 5) is 10.2. The molecule has 0 saturated heterocycles. The summed E-state index contributed by atoms with van der Waals surface area (Å²) >= 11 is 6.41. The molecule has 4 heterocycles. The van der Waals surface area contributed by atoms with Gasteiger partial charge in [-0.2, -0.15) is 0 Å². The highest BCUT2D eigenvalue weighted by Crippen LogP contribution is 2.44. The molecule has 0 bridgehead atoms. The van der Waals surface area contributed by atoms with Crippen LogP contribution in [-0.2, 0) is 9.68 Å². The molecular weight excluding hydrogens is 600 g/mol. The van der Waals surface area contributed by atoms with Crippen LogP contribution in [0.5, 0.6) is 23.0 Å². The predicted octanol–water partition coefficient (Wildman–Crippen LogP) is 6.36. The second kappa shape index (κ2) is 8.48. The Bertz CT molecular complexity index is 1100. The van der Waals surface area contributed by atoms with Gasteiger partial charge < -0.3 is 28.6 Å². The minimum Gasteiger partial charge on any atom is -0.395 e. The standard InChI is InChI=1S/2C10H6BrF2NO3/c2*11-9-4-7(17-14-9)5-1-2-6-8(3-5)16-10(12,13)15-6/h2*1-3,7H,4H2/t2*7-/m10/s1. The van der Waals surface area contributed by atoms with Gasteiger partial charge in [0.05, 0.1) is 0 Å². The summed E-state index contributed by atoms with van der Waals surface area (Å²) < 4.78 is 69.9. The summed E-state index contributed by atoms with van der Waals surface area (Å²) in [5.74, 6) is 0.0757. The fourth-order valence-electron chi connectivity index (χ4n) is 3.39. The smallest absolute Gasteiger partial charge is 0.395 e. The lowest BCUT2D eigenvalue weighted by Gasteiger charge is -2.08. The SMILES string of the molecule is FC1(F)Oc2ccc([C@@H]3CC(Br)=NO3)cc2O1.FC1(F)Oc2ccc([C@H]3CC(Br)=NO3)cc2O1. The molecule has 8 nitrogen and oxygen atoms in total. The Kier molecular flexibility index (Phi) is 5.74. The quantitative estimate of drug-likeness (QED) is 0.368. The second-order valence-corrected chi connectivity index (χ2v) is 9.11. The lowest BCUT2D eigenvalue weighted by Crippen LogP contribution is -2.25. The monoisotopic (exact) mass is 610 g/mol. The normalized spacial score (nSPS) is 24.4.